The third-order valence-corrected chi connectivity index (χ3v) is 2.44. The normalized spacial score (nSPS) is 10.6. The lowest BCUT2D eigenvalue weighted by molar-refractivity contribution is 0.778. The molecule has 0 aliphatic carbocycles. The van der Waals surface area contributed by atoms with Gasteiger partial charge in [-0.25, -0.2) is 4.68 Å². The fraction of sp³-hybridized carbons (Fsp3) is 0.333. The van der Waals surface area contributed by atoms with Crippen LogP contribution in [-0.4, -0.2) is 21.5 Å². The van der Waals surface area contributed by atoms with Crippen LogP contribution in [0.4, 0.5) is 0 Å². The third-order valence-electron chi connectivity index (χ3n) is 2.44. The SMILES string of the molecule is Cc1cccc(-n2cc(CCCN)nn2)c1. The molecule has 0 bridgehead atoms. The molecule has 0 spiro atoms. The first kappa shape index (κ1) is 10.8. The molecule has 0 unspecified atom stereocenters. The van der Waals surface area contributed by atoms with Gasteiger partial charge in [-0.3, -0.25) is 0 Å². The lowest BCUT2D eigenvalue weighted by atomic mass is 10.2. The second-order valence-corrected chi connectivity index (χ2v) is 3.89. The maximum absolute atomic E-state index is 5.46. The molecule has 0 aliphatic heterocycles. The highest BCUT2D eigenvalue weighted by molar-refractivity contribution is 5.34. The van der Waals surface area contributed by atoms with Crippen molar-refractivity contribution in [2.75, 3.05) is 6.54 Å². The van der Waals surface area contributed by atoms with Gasteiger partial charge in [0.2, 0.25) is 0 Å². The van der Waals surface area contributed by atoms with Crippen LogP contribution in [0.2, 0.25) is 0 Å². The van der Waals surface area contributed by atoms with E-state index in [0.717, 1.165) is 24.2 Å². The van der Waals surface area contributed by atoms with Crippen molar-refractivity contribution in [3.8, 4) is 5.69 Å². The third kappa shape index (κ3) is 2.46. The molecule has 0 saturated heterocycles. The van der Waals surface area contributed by atoms with Crippen molar-refractivity contribution in [1.82, 2.24) is 15.0 Å². The summed E-state index contributed by atoms with van der Waals surface area (Å²) < 4.78 is 1.80. The molecule has 2 N–H and O–H groups in total. The van der Waals surface area contributed by atoms with Crippen LogP contribution >= 0.6 is 0 Å². The van der Waals surface area contributed by atoms with Crippen molar-refractivity contribution >= 4 is 0 Å². The van der Waals surface area contributed by atoms with E-state index < -0.39 is 0 Å². The zero-order valence-corrected chi connectivity index (χ0v) is 9.43. The minimum Gasteiger partial charge on any atom is -0.330 e. The Morgan fingerprint density at radius 1 is 1.38 bits per heavy atom. The van der Waals surface area contributed by atoms with Gasteiger partial charge in [-0.2, -0.15) is 0 Å². The quantitative estimate of drug-likeness (QED) is 0.842. The molecule has 16 heavy (non-hydrogen) atoms. The Kier molecular flexibility index (Phi) is 3.31. The summed E-state index contributed by atoms with van der Waals surface area (Å²) in [6, 6.07) is 8.19. The van der Waals surface area contributed by atoms with Gasteiger partial charge < -0.3 is 5.73 Å². The Hall–Kier alpha value is -1.68. The molecule has 0 saturated carbocycles. The summed E-state index contributed by atoms with van der Waals surface area (Å²) in [6.07, 6.45) is 3.80. The molecule has 1 aromatic carbocycles. The summed E-state index contributed by atoms with van der Waals surface area (Å²) in [6.45, 7) is 2.76. The summed E-state index contributed by atoms with van der Waals surface area (Å²) in [7, 11) is 0. The highest BCUT2D eigenvalue weighted by Crippen LogP contribution is 2.09. The minimum atomic E-state index is 0.692. The number of nitrogens with two attached hydrogens (primary N) is 1. The smallest absolute Gasteiger partial charge is 0.0832 e. The second-order valence-electron chi connectivity index (χ2n) is 3.89. The first-order valence-electron chi connectivity index (χ1n) is 5.48. The molecule has 4 nitrogen and oxygen atoms in total. The molecule has 84 valence electrons. The van der Waals surface area contributed by atoms with Crippen LogP contribution in [0, 0.1) is 6.92 Å². The monoisotopic (exact) mass is 216 g/mol. The molecule has 0 radical (unpaired) electrons. The van der Waals surface area contributed by atoms with Gasteiger partial charge in [-0.1, -0.05) is 17.3 Å². The van der Waals surface area contributed by atoms with Crippen molar-refractivity contribution in [2.45, 2.75) is 19.8 Å². The van der Waals surface area contributed by atoms with Crippen molar-refractivity contribution < 1.29 is 0 Å². The van der Waals surface area contributed by atoms with Crippen molar-refractivity contribution in [1.29, 1.82) is 0 Å². The van der Waals surface area contributed by atoms with E-state index in [9.17, 15) is 0 Å². The summed E-state index contributed by atoms with van der Waals surface area (Å²) in [4.78, 5) is 0. The van der Waals surface area contributed by atoms with Gasteiger partial charge in [0.25, 0.3) is 0 Å². The number of benzene rings is 1. The Morgan fingerprint density at radius 2 is 2.25 bits per heavy atom. The van der Waals surface area contributed by atoms with Crippen LogP contribution in [0.3, 0.4) is 0 Å². The Bertz CT molecular complexity index is 462. The molecule has 0 fully saturated rings. The molecular weight excluding hydrogens is 200 g/mol. The molecular formula is C12H16N4. The number of hydrogen-bond acceptors (Lipinski definition) is 3. The molecule has 0 atom stereocenters. The average molecular weight is 216 g/mol. The van der Waals surface area contributed by atoms with Crippen LogP contribution in [0.5, 0.6) is 0 Å². The first-order valence-corrected chi connectivity index (χ1v) is 5.48. The number of hydrogen-bond donors (Lipinski definition) is 1. The molecule has 2 rings (SSSR count). The minimum absolute atomic E-state index is 0.692. The molecule has 2 aromatic rings. The van der Waals surface area contributed by atoms with Crippen molar-refractivity contribution in [3.05, 3.63) is 41.7 Å². The summed E-state index contributed by atoms with van der Waals surface area (Å²) in [5.41, 5.74) is 8.72. The molecule has 4 heteroatoms. The number of aryl methyl sites for hydroxylation is 2. The zero-order valence-electron chi connectivity index (χ0n) is 9.43. The zero-order chi connectivity index (χ0) is 11.4. The summed E-state index contributed by atoms with van der Waals surface area (Å²) >= 11 is 0. The van der Waals surface area contributed by atoms with E-state index in [4.69, 9.17) is 5.73 Å². The van der Waals surface area contributed by atoms with Crippen LogP contribution < -0.4 is 5.73 Å². The van der Waals surface area contributed by atoms with Crippen LogP contribution in [-0.2, 0) is 6.42 Å². The van der Waals surface area contributed by atoms with Gasteiger partial charge in [-0.05, 0) is 44.0 Å². The van der Waals surface area contributed by atoms with Gasteiger partial charge >= 0.3 is 0 Å². The van der Waals surface area contributed by atoms with Gasteiger partial charge in [-0.15, -0.1) is 5.10 Å². The fourth-order valence-electron chi connectivity index (χ4n) is 1.59. The van der Waals surface area contributed by atoms with E-state index in [1.807, 2.05) is 18.3 Å². The van der Waals surface area contributed by atoms with E-state index in [1.54, 1.807) is 4.68 Å². The van der Waals surface area contributed by atoms with Gasteiger partial charge in [0, 0.05) is 0 Å². The Morgan fingerprint density at radius 3 is 3.00 bits per heavy atom. The molecule has 1 aromatic heterocycles. The maximum atomic E-state index is 5.46. The predicted octanol–water partition coefficient (Wildman–Crippen LogP) is 1.47. The Balaban J connectivity index is 2.18. The van der Waals surface area contributed by atoms with Crippen LogP contribution in [0.1, 0.15) is 17.7 Å². The van der Waals surface area contributed by atoms with Crippen LogP contribution in [0.25, 0.3) is 5.69 Å². The maximum Gasteiger partial charge on any atom is 0.0832 e. The predicted molar refractivity (Wildman–Crippen MR) is 63.5 cm³/mol. The number of rotatable bonds is 4. The average Bonchev–Trinajstić information content (AvgIpc) is 2.75. The second kappa shape index (κ2) is 4.90. The standard InChI is InChI=1S/C12H16N4/c1-10-4-2-6-12(8-10)16-9-11(14-15-16)5-3-7-13/h2,4,6,8-9H,3,5,7,13H2,1H3. The summed E-state index contributed by atoms with van der Waals surface area (Å²) in [5.74, 6) is 0. The fourth-order valence-corrected chi connectivity index (χ4v) is 1.59. The lowest BCUT2D eigenvalue weighted by Gasteiger charge is -2.00. The Labute approximate surface area is 95.1 Å². The van der Waals surface area contributed by atoms with Crippen LogP contribution in [0.15, 0.2) is 30.5 Å². The largest absolute Gasteiger partial charge is 0.330 e. The van der Waals surface area contributed by atoms with E-state index in [2.05, 4.69) is 29.4 Å². The lowest BCUT2D eigenvalue weighted by Crippen LogP contribution is -2.00. The van der Waals surface area contributed by atoms with Gasteiger partial charge in [0.1, 0.15) is 0 Å². The number of nitrogens with zero attached hydrogens (tertiary/aromatic N) is 3. The highest BCUT2D eigenvalue weighted by atomic mass is 15.4. The summed E-state index contributed by atoms with van der Waals surface area (Å²) in [5, 5.41) is 8.22. The van der Waals surface area contributed by atoms with E-state index >= 15 is 0 Å². The van der Waals surface area contributed by atoms with Gasteiger partial charge in [0.05, 0.1) is 17.6 Å². The first-order chi connectivity index (χ1) is 7.79. The molecule has 0 amide bonds. The highest BCUT2D eigenvalue weighted by Gasteiger charge is 2.02. The molecule has 1 heterocycles. The van der Waals surface area contributed by atoms with Gasteiger partial charge in [0.15, 0.2) is 0 Å². The van der Waals surface area contributed by atoms with E-state index in [0.29, 0.717) is 6.54 Å². The van der Waals surface area contributed by atoms with Crippen molar-refractivity contribution in [3.63, 3.8) is 0 Å². The van der Waals surface area contributed by atoms with Crippen molar-refractivity contribution in [2.24, 2.45) is 5.73 Å². The number of aromatic nitrogens is 3. The molecule has 0 aliphatic rings. The van der Waals surface area contributed by atoms with E-state index in [-0.39, 0.29) is 0 Å². The van der Waals surface area contributed by atoms with E-state index in [1.165, 1.54) is 5.56 Å². The topological polar surface area (TPSA) is 56.7 Å².